The Kier molecular flexibility index (Phi) is 15.2. The normalized spacial score (nSPS) is 13.1. The van der Waals surface area contributed by atoms with E-state index in [-0.39, 0.29) is 12.6 Å². The Bertz CT molecular complexity index is 313. The van der Waals surface area contributed by atoms with E-state index in [2.05, 4.69) is 28.1 Å². The molecule has 0 fully saturated rings. The minimum absolute atomic E-state index is 0.0243. The molecule has 0 heterocycles. The van der Waals surface area contributed by atoms with Crippen molar-refractivity contribution in [2.45, 2.75) is 103 Å². The second-order valence-corrected chi connectivity index (χ2v) is 8.26. The second kappa shape index (κ2) is 15.6. The highest BCUT2D eigenvalue weighted by molar-refractivity contribution is 5.66. The topological polar surface area (TPSA) is 46.5 Å². The number of carboxylic acids is 1. The van der Waals surface area contributed by atoms with E-state index in [1.807, 2.05) is 0 Å². The molecule has 4 nitrogen and oxygen atoms in total. The molecule has 0 aliphatic heterocycles. The van der Waals surface area contributed by atoms with Crippen molar-refractivity contribution in [1.29, 1.82) is 0 Å². The average Bonchev–Trinajstić information content (AvgIpc) is 2.53. The van der Waals surface area contributed by atoms with E-state index in [9.17, 15) is 4.79 Å². The molecular weight excluding hydrogens is 314 g/mol. The zero-order valence-corrected chi connectivity index (χ0v) is 17.4. The van der Waals surface area contributed by atoms with Gasteiger partial charge in [0.25, 0.3) is 0 Å². The van der Waals surface area contributed by atoms with E-state index in [4.69, 9.17) is 9.84 Å². The van der Waals surface area contributed by atoms with Crippen LogP contribution < -0.4 is 0 Å². The summed E-state index contributed by atoms with van der Waals surface area (Å²) in [6, 6.07) is 0. The fraction of sp³-hybridized carbons (Fsp3) is 0.952. The molecule has 0 bridgehead atoms. The molecule has 0 rings (SSSR count). The minimum atomic E-state index is -0.743. The fourth-order valence-corrected chi connectivity index (χ4v) is 3.10. The molecule has 1 N–H and O–H groups in total. The number of aliphatic carboxylic acids is 1. The summed E-state index contributed by atoms with van der Waals surface area (Å²) >= 11 is 0. The van der Waals surface area contributed by atoms with E-state index < -0.39 is 5.97 Å². The Morgan fingerprint density at radius 2 is 1.28 bits per heavy atom. The monoisotopic (exact) mass is 358 g/mol. The van der Waals surface area contributed by atoms with Gasteiger partial charge in [-0.1, -0.05) is 77.6 Å². The standard InChI is InChI=1S/C21H43NO3/c1-5-6-7-8-9-10-11-12-13-14-15-16-19-25-20(22(2,3)4)17-18-21(23)24/h20H,5-19H2,1-4H3/p+1. The summed E-state index contributed by atoms with van der Waals surface area (Å²) < 4.78 is 6.62. The van der Waals surface area contributed by atoms with E-state index in [1.54, 1.807) is 0 Å². The molecule has 0 spiro atoms. The zero-order valence-electron chi connectivity index (χ0n) is 17.4. The van der Waals surface area contributed by atoms with Gasteiger partial charge in [0, 0.05) is 6.42 Å². The van der Waals surface area contributed by atoms with Gasteiger partial charge >= 0.3 is 5.97 Å². The number of hydrogen-bond acceptors (Lipinski definition) is 2. The number of rotatable bonds is 18. The number of carboxylic acid groups (broad SMARTS) is 1. The molecular formula is C21H44NO3+. The lowest BCUT2D eigenvalue weighted by atomic mass is 10.1. The predicted octanol–water partition coefficient (Wildman–Crippen LogP) is 5.60. The molecule has 0 aliphatic rings. The third kappa shape index (κ3) is 16.6. The first kappa shape index (κ1) is 24.4. The summed E-state index contributed by atoms with van der Waals surface area (Å²) in [6.07, 6.45) is 16.8. The molecule has 150 valence electrons. The lowest BCUT2D eigenvalue weighted by Gasteiger charge is -2.33. The fourth-order valence-electron chi connectivity index (χ4n) is 3.10. The van der Waals surface area contributed by atoms with E-state index in [1.165, 1.54) is 70.6 Å². The molecule has 0 aromatic carbocycles. The molecule has 0 aromatic rings. The summed E-state index contributed by atoms with van der Waals surface area (Å²) in [4.78, 5) is 10.8. The van der Waals surface area contributed by atoms with Crippen LogP contribution in [0, 0.1) is 0 Å². The number of ether oxygens (including phenoxy) is 1. The average molecular weight is 359 g/mol. The van der Waals surface area contributed by atoms with Crippen LogP contribution in [0.1, 0.15) is 96.8 Å². The van der Waals surface area contributed by atoms with Crippen LogP contribution in [0.25, 0.3) is 0 Å². The first-order valence-electron chi connectivity index (χ1n) is 10.5. The van der Waals surface area contributed by atoms with Crippen molar-refractivity contribution in [2.24, 2.45) is 0 Å². The minimum Gasteiger partial charge on any atom is -0.481 e. The molecule has 4 heteroatoms. The highest BCUT2D eigenvalue weighted by atomic mass is 16.5. The first-order chi connectivity index (χ1) is 11.9. The maximum absolute atomic E-state index is 10.8. The van der Waals surface area contributed by atoms with Crippen LogP contribution in [-0.4, -0.2) is 49.5 Å². The molecule has 25 heavy (non-hydrogen) atoms. The SMILES string of the molecule is CCCCCCCCCCCCCCOC(CCC(=O)O)[N+](C)(C)C. The van der Waals surface area contributed by atoms with Gasteiger partial charge in [0.05, 0.1) is 34.2 Å². The van der Waals surface area contributed by atoms with Gasteiger partial charge in [0.15, 0.2) is 6.23 Å². The Morgan fingerprint density at radius 3 is 1.68 bits per heavy atom. The molecule has 1 atom stereocenters. The van der Waals surface area contributed by atoms with Crippen LogP contribution >= 0.6 is 0 Å². The smallest absolute Gasteiger partial charge is 0.303 e. The molecule has 0 saturated carbocycles. The quantitative estimate of drug-likeness (QED) is 0.197. The Hall–Kier alpha value is -0.610. The van der Waals surface area contributed by atoms with Crippen molar-refractivity contribution < 1.29 is 19.1 Å². The number of carbonyl (C=O) groups is 1. The van der Waals surface area contributed by atoms with Gasteiger partial charge in [-0.15, -0.1) is 0 Å². The second-order valence-electron chi connectivity index (χ2n) is 8.26. The summed E-state index contributed by atoms with van der Waals surface area (Å²) in [5, 5.41) is 8.85. The van der Waals surface area contributed by atoms with Crippen molar-refractivity contribution in [2.75, 3.05) is 27.7 Å². The maximum Gasteiger partial charge on any atom is 0.303 e. The molecule has 0 aliphatic carbocycles. The van der Waals surface area contributed by atoms with Crippen molar-refractivity contribution in [3.63, 3.8) is 0 Å². The van der Waals surface area contributed by atoms with E-state index >= 15 is 0 Å². The third-order valence-electron chi connectivity index (χ3n) is 4.78. The highest BCUT2D eigenvalue weighted by Gasteiger charge is 2.24. The summed E-state index contributed by atoms with van der Waals surface area (Å²) in [5.41, 5.74) is 0. The van der Waals surface area contributed by atoms with Crippen molar-refractivity contribution >= 4 is 5.97 Å². The van der Waals surface area contributed by atoms with Crippen molar-refractivity contribution in [3.8, 4) is 0 Å². The lowest BCUT2D eigenvalue weighted by molar-refractivity contribution is -0.920. The Labute approximate surface area is 156 Å². The van der Waals surface area contributed by atoms with Gasteiger partial charge in [-0.25, -0.2) is 0 Å². The molecule has 0 amide bonds. The van der Waals surface area contributed by atoms with Crippen LogP contribution in [0.15, 0.2) is 0 Å². The van der Waals surface area contributed by atoms with Gasteiger partial charge in [-0.2, -0.15) is 0 Å². The van der Waals surface area contributed by atoms with Crippen LogP contribution in [0.4, 0.5) is 0 Å². The summed E-state index contributed by atoms with van der Waals surface area (Å²) in [6.45, 7) is 3.01. The van der Waals surface area contributed by atoms with Crippen molar-refractivity contribution in [3.05, 3.63) is 0 Å². The zero-order chi connectivity index (χ0) is 19.0. The third-order valence-corrected chi connectivity index (χ3v) is 4.78. The van der Waals surface area contributed by atoms with E-state index in [0.717, 1.165) is 13.0 Å². The van der Waals surface area contributed by atoms with Gasteiger partial charge in [0.1, 0.15) is 0 Å². The molecule has 1 unspecified atom stereocenters. The van der Waals surface area contributed by atoms with Gasteiger partial charge in [-0.05, 0) is 6.42 Å². The summed E-state index contributed by atoms with van der Waals surface area (Å²) in [5.74, 6) is -0.743. The summed E-state index contributed by atoms with van der Waals surface area (Å²) in [7, 11) is 6.19. The van der Waals surface area contributed by atoms with Gasteiger partial charge < -0.3 is 14.3 Å². The lowest BCUT2D eigenvalue weighted by Crippen LogP contribution is -2.47. The van der Waals surface area contributed by atoms with Crippen molar-refractivity contribution in [1.82, 2.24) is 0 Å². The maximum atomic E-state index is 10.8. The number of hydrogen-bond donors (Lipinski definition) is 1. The van der Waals surface area contributed by atoms with Crippen LogP contribution in [0.3, 0.4) is 0 Å². The van der Waals surface area contributed by atoms with Crippen LogP contribution in [-0.2, 0) is 9.53 Å². The largest absolute Gasteiger partial charge is 0.481 e. The first-order valence-corrected chi connectivity index (χ1v) is 10.5. The Balaban J connectivity index is 3.49. The van der Waals surface area contributed by atoms with E-state index in [0.29, 0.717) is 10.9 Å². The Morgan fingerprint density at radius 1 is 0.840 bits per heavy atom. The van der Waals surface area contributed by atoms with Crippen LogP contribution in [0.5, 0.6) is 0 Å². The number of unbranched alkanes of at least 4 members (excludes halogenated alkanes) is 11. The van der Waals surface area contributed by atoms with Gasteiger partial charge in [0.2, 0.25) is 0 Å². The van der Waals surface area contributed by atoms with Gasteiger partial charge in [-0.3, -0.25) is 4.79 Å². The highest BCUT2D eigenvalue weighted by Crippen LogP contribution is 2.14. The molecule has 0 radical (unpaired) electrons. The van der Waals surface area contributed by atoms with Crippen LogP contribution in [0.2, 0.25) is 0 Å². The number of quaternary nitrogens is 1. The predicted molar refractivity (Wildman–Crippen MR) is 106 cm³/mol. The molecule has 0 aromatic heterocycles. The molecule has 0 saturated heterocycles. The number of nitrogens with zero attached hydrogens (tertiary/aromatic N) is 1.